The van der Waals surface area contributed by atoms with E-state index in [2.05, 4.69) is 10.3 Å². The Bertz CT molecular complexity index is 893. The number of carboxylic acid groups (broad SMARTS) is 1. The van der Waals surface area contributed by atoms with Gasteiger partial charge in [0.2, 0.25) is 5.91 Å². The second-order valence-corrected chi connectivity index (χ2v) is 6.46. The first-order valence-electron chi connectivity index (χ1n) is 8.92. The molecular formula is C19H22N4O5. The zero-order valence-corrected chi connectivity index (χ0v) is 15.6. The molecule has 3 rings (SSSR count). The SMILES string of the molecule is COc1cc(C(=O)NCC(=O)N2CCN(CC(=O)O)CC2)nc2ccccc12. The number of fused-ring (bicyclic) bond motifs is 1. The van der Waals surface area contributed by atoms with Crippen molar-refractivity contribution < 1.29 is 24.2 Å². The Morgan fingerprint density at radius 2 is 1.89 bits per heavy atom. The number of ether oxygens (including phenoxy) is 1. The molecule has 2 heterocycles. The number of hydrogen-bond acceptors (Lipinski definition) is 6. The molecule has 0 bridgehead atoms. The van der Waals surface area contributed by atoms with Gasteiger partial charge in [-0.1, -0.05) is 12.1 Å². The van der Waals surface area contributed by atoms with Crippen LogP contribution in [0, 0.1) is 0 Å². The van der Waals surface area contributed by atoms with Gasteiger partial charge in [0.05, 0.1) is 25.7 Å². The van der Waals surface area contributed by atoms with Gasteiger partial charge in [-0.2, -0.15) is 0 Å². The summed E-state index contributed by atoms with van der Waals surface area (Å²) in [5.74, 6) is -1.01. The first-order valence-corrected chi connectivity index (χ1v) is 8.92. The van der Waals surface area contributed by atoms with Crippen LogP contribution in [-0.2, 0) is 9.59 Å². The molecule has 2 amide bonds. The van der Waals surface area contributed by atoms with Crippen LogP contribution in [-0.4, -0.2) is 84.1 Å². The number of amides is 2. The Morgan fingerprint density at radius 3 is 2.57 bits per heavy atom. The van der Waals surface area contributed by atoms with E-state index in [1.165, 1.54) is 7.11 Å². The van der Waals surface area contributed by atoms with Crippen molar-refractivity contribution in [3.63, 3.8) is 0 Å². The third-order valence-corrected chi connectivity index (χ3v) is 4.61. The quantitative estimate of drug-likeness (QED) is 0.729. The number of pyridine rings is 1. The van der Waals surface area contributed by atoms with Gasteiger partial charge >= 0.3 is 5.97 Å². The Balaban J connectivity index is 1.58. The summed E-state index contributed by atoms with van der Waals surface area (Å²) in [6, 6.07) is 8.88. The molecule has 9 nitrogen and oxygen atoms in total. The van der Waals surface area contributed by atoms with E-state index in [0.29, 0.717) is 37.4 Å². The Morgan fingerprint density at radius 1 is 1.18 bits per heavy atom. The summed E-state index contributed by atoms with van der Waals surface area (Å²) in [6.45, 7) is 1.68. The van der Waals surface area contributed by atoms with Crippen LogP contribution in [0.1, 0.15) is 10.5 Å². The molecule has 0 unspecified atom stereocenters. The van der Waals surface area contributed by atoms with Crippen LogP contribution in [0.15, 0.2) is 30.3 Å². The van der Waals surface area contributed by atoms with Crippen LogP contribution in [0.4, 0.5) is 0 Å². The molecule has 148 valence electrons. The fraction of sp³-hybridized carbons (Fsp3) is 0.368. The van der Waals surface area contributed by atoms with Crippen LogP contribution in [0.2, 0.25) is 0 Å². The molecule has 2 aromatic rings. The van der Waals surface area contributed by atoms with Crippen molar-refractivity contribution in [2.45, 2.75) is 0 Å². The number of methoxy groups -OCH3 is 1. The van der Waals surface area contributed by atoms with Gasteiger partial charge in [-0.15, -0.1) is 0 Å². The van der Waals surface area contributed by atoms with Gasteiger partial charge in [0, 0.05) is 37.6 Å². The molecule has 2 N–H and O–H groups in total. The molecule has 1 saturated heterocycles. The van der Waals surface area contributed by atoms with Crippen LogP contribution in [0.3, 0.4) is 0 Å². The Hall–Kier alpha value is -3.20. The van der Waals surface area contributed by atoms with E-state index in [-0.39, 0.29) is 24.7 Å². The first-order chi connectivity index (χ1) is 13.5. The first kappa shape index (κ1) is 19.6. The molecule has 1 aliphatic heterocycles. The normalized spacial score (nSPS) is 14.7. The molecule has 1 aromatic heterocycles. The maximum Gasteiger partial charge on any atom is 0.317 e. The molecule has 1 aromatic carbocycles. The van der Waals surface area contributed by atoms with Crippen LogP contribution in [0.25, 0.3) is 10.9 Å². The molecule has 0 atom stereocenters. The number of carboxylic acids is 1. The van der Waals surface area contributed by atoms with Gasteiger partial charge in [-0.25, -0.2) is 4.98 Å². The smallest absolute Gasteiger partial charge is 0.317 e. The Labute approximate surface area is 161 Å². The average molecular weight is 386 g/mol. The van der Waals surface area contributed by atoms with Crippen molar-refractivity contribution in [3.8, 4) is 5.75 Å². The molecule has 0 saturated carbocycles. The summed E-state index contributed by atoms with van der Waals surface area (Å²) in [5.41, 5.74) is 0.808. The number of nitrogens with zero attached hydrogens (tertiary/aromatic N) is 3. The van der Waals surface area contributed by atoms with Gasteiger partial charge in [0.15, 0.2) is 0 Å². The predicted octanol–water partition coefficient (Wildman–Crippen LogP) is 0.202. The number of benzene rings is 1. The van der Waals surface area contributed by atoms with E-state index < -0.39 is 11.9 Å². The van der Waals surface area contributed by atoms with Gasteiger partial charge < -0.3 is 20.1 Å². The molecule has 1 fully saturated rings. The highest BCUT2D eigenvalue weighted by Crippen LogP contribution is 2.24. The summed E-state index contributed by atoms with van der Waals surface area (Å²) < 4.78 is 5.33. The lowest BCUT2D eigenvalue weighted by molar-refractivity contribution is -0.139. The minimum absolute atomic E-state index is 0.0335. The van der Waals surface area contributed by atoms with Gasteiger partial charge in [0.25, 0.3) is 5.91 Å². The van der Waals surface area contributed by atoms with Crippen molar-refractivity contribution in [2.24, 2.45) is 0 Å². The zero-order valence-electron chi connectivity index (χ0n) is 15.6. The topological polar surface area (TPSA) is 112 Å². The minimum atomic E-state index is -0.884. The van der Waals surface area contributed by atoms with Crippen molar-refractivity contribution in [2.75, 3.05) is 46.4 Å². The maximum atomic E-state index is 12.4. The summed E-state index contributed by atoms with van der Waals surface area (Å²) in [4.78, 5) is 43.2. The third-order valence-electron chi connectivity index (χ3n) is 4.61. The minimum Gasteiger partial charge on any atom is -0.496 e. The monoisotopic (exact) mass is 386 g/mol. The fourth-order valence-corrected chi connectivity index (χ4v) is 3.13. The summed E-state index contributed by atoms with van der Waals surface area (Å²) in [6.07, 6.45) is 0. The molecule has 0 spiro atoms. The van der Waals surface area contributed by atoms with E-state index in [4.69, 9.17) is 9.84 Å². The summed E-state index contributed by atoms with van der Waals surface area (Å²) >= 11 is 0. The third kappa shape index (κ3) is 4.55. The van der Waals surface area contributed by atoms with Crippen LogP contribution < -0.4 is 10.1 Å². The lowest BCUT2D eigenvalue weighted by Crippen LogP contribution is -2.52. The number of carbonyl (C=O) groups is 3. The molecule has 28 heavy (non-hydrogen) atoms. The second-order valence-electron chi connectivity index (χ2n) is 6.46. The molecular weight excluding hydrogens is 364 g/mol. The maximum absolute atomic E-state index is 12.4. The standard InChI is InChI=1S/C19H22N4O5/c1-28-16-10-15(21-14-5-3-2-4-13(14)16)19(27)20-11-17(24)23-8-6-22(7-9-23)12-18(25)26/h2-5,10H,6-9,11-12H2,1H3,(H,20,27)(H,25,26). The number of para-hydroxylation sites is 1. The number of carbonyl (C=O) groups excluding carboxylic acids is 2. The van der Waals surface area contributed by atoms with Crippen molar-refractivity contribution in [3.05, 3.63) is 36.0 Å². The highest BCUT2D eigenvalue weighted by atomic mass is 16.5. The molecule has 1 aliphatic rings. The number of piperazine rings is 1. The molecule has 9 heteroatoms. The Kier molecular flexibility index (Phi) is 6.05. The number of rotatable bonds is 6. The number of nitrogens with one attached hydrogen (secondary N) is 1. The van der Waals surface area contributed by atoms with Crippen molar-refractivity contribution >= 4 is 28.7 Å². The van der Waals surface area contributed by atoms with E-state index in [0.717, 1.165) is 5.39 Å². The second kappa shape index (κ2) is 8.66. The summed E-state index contributed by atoms with van der Waals surface area (Å²) in [5, 5.41) is 12.2. The largest absolute Gasteiger partial charge is 0.496 e. The fourth-order valence-electron chi connectivity index (χ4n) is 3.13. The number of hydrogen-bond donors (Lipinski definition) is 2. The van der Waals surface area contributed by atoms with Crippen molar-refractivity contribution in [1.29, 1.82) is 0 Å². The molecule has 0 aliphatic carbocycles. The van der Waals surface area contributed by atoms with Gasteiger partial charge in [-0.05, 0) is 12.1 Å². The van der Waals surface area contributed by atoms with Crippen molar-refractivity contribution in [1.82, 2.24) is 20.1 Å². The zero-order chi connectivity index (χ0) is 20.1. The number of aliphatic carboxylic acids is 1. The van der Waals surface area contributed by atoms with E-state index in [9.17, 15) is 14.4 Å². The van der Waals surface area contributed by atoms with E-state index in [1.54, 1.807) is 21.9 Å². The lowest BCUT2D eigenvalue weighted by atomic mass is 10.1. The highest BCUT2D eigenvalue weighted by Gasteiger charge is 2.23. The highest BCUT2D eigenvalue weighted by molar-refractivity contribution is 5.98. The summed E-state index contributed by atoms with van der Waals surface area (Å²) in [7, 11) is 1.52. The average Bonchev–Trinajstić information content (AvgIpc) is 2.71. The van der Waals surface area contributed by atoms with Crippen LogP contribution in [0.5, 0.6) is 5.75 Å². The van der Waals surface area contributed by atoms with Crippen LogP contribution >= 0.6 is 0 Å². The predicted molar refractivity (Wildman–Crippen MR) is 101 cm³/mol. The van der Waals surface area contributed by atoms with E-state index >= 15 is 0 Å². The number of aromatic nitrogens is 1. The van der Waals surface area contributed by atoms with E-state index in [1.807, 2.05) is 18.2 Å². The van der Waals surface area contributed by atoms with Gasteiger partial charge in [0.1, 0.15) is 11.4 Å². The lowest BCUT2D eigenvalue weighted by Gasteiger charge is -2.33. The van der Waals surface area contributed by atoms with Gasteiger partial charge in [-0.3, -0.25) is 19.3 Å². The molecule has 0 radical (unpaired) electrons.